The van der Waals surface area contributed by atoms with Gasteiger partial charge in [0.25, 0.3) is 0 Å². The third-order valence-electron chi connectivity index (χ3n) is 2.02. The molecule has 0 amide bonds. The van der Waals surface area contributed by atoms with Crippen molar-refractivity contribution in [3.05, 3.63) is 32.8 Å². The molecule has 1 aromatic rings. The normalized spacial score (nSPS) is 14.4. The van der Waals surface area contributed by atoms with E-state index < -0.39 is 0 Å². The zero-order valence-electron chi connectivity index (χ0n) is 6.56. The maximum Gasteiger partial charge on any atom is 0.0650 e. The minimum atomic E-state index is 0.755. The zero-order valence-corrected chi connectivity index (χ0v) is 8.91. The van der Waals surface area contributed by atoms with Crippen LogP contribution in [0.4, 0.5) is 0 Å². The van der Waals surface area contributed by atoms with Crippen LogP contribution in [0, 0.1) is 0 Å². The van der Waals surface area contributed by atoms with Crippen molar-refractivity contribution in [3.8, 4) is 0 Å². The molecule has 1 aromatic carbocycles. The van der Waals surface area contributed by atoms with Crippen molar-refractivity contribution < 1.29 is 0 Å². The second-order valence-corrected chi connectivity index (χ2v) is 4.09. The standard InChI is InChI=1S/C9H7BrClN/c1-5-7-3-9(11)8(10)2-6(7)4-12-5/h2-3H,4H2,1H3. The van der Waals surface area contributed by atoms with Gasteiger partial charge in [0.1, 0.15) is 0 Å². The second kappa shape index (κ2) is 2.86. The Bertz CT molecular complexity index is 371. The van der Waals surface area contributed by atoms with Crippen LogP contribution in [0.5, 0.6) is 0 Å². The molecule has 0 atom stereocenters. The lowest BCUT2D eigenvalue weighted by Gasteiger charge is -2.01. The van der Waals surface area contributed by atoms with Crippen LogP contribution in [0.15, 0.2) is 21.6 Å². The van der Waals surface area contributed by atoms with Gasteiger partial charge in [-0.3, -0.25) is 4.99 Å². The molecule has 0 radical (unpaired) electrons. The topological polar surface area (TPSA) is 12.4 Å². The van der Waals surface area contributed by atoms with Gasteiger partial charge < -0.3 is 0 Å². The molecule has 12 heavy (non-hydrogen) atoms. The number of rotatable bonds is 0. The highest BCUT2D eigenvalue weighted by Gasteiger charge is 2.13. The molecule has 0 saturated carbocycles. The van der Waals surface area contributed by atoms with E-state index in [1.165, 1.54) is 11.1 Å². The SMILES string of the molecule is CC1=NCc2cc(Br)c(Cl)cc21. The summed E-state index contributed by atoms with van der Waals surface area (Å²) in [6.07, 6.45) is 0. The predicted octanol–water partition coefficient (Wildman–Crippen LogP) is 3.43. The maximum atomic E-state index is 5.96. The maximum absolute atomic E-state index is 5.96. The van der Waals surface area contributed by atoms with Crippen molar-refractivity contribution in [2.24, 2.45) is 4.99 Å². The van der Waals surface area contributed by atoms with E-state index in [1.54, 1.807) is 0 Å². The summed E-state index contributed by atoms with van der Waals surface area (Å²) in [5, 5.41) is 0.755. The molecule has 3 heteroatoms. The number of fused-ring (bicyclic) bond motifs is 1. The fourth-order valence-corrected chi connectivity index (χ4v) is 1.90. The molecule has 0 N–H and O–H groups in total. The minimum absolute atomic E-state index is 0.755. The molecule has 1 heterocycles. The molecule has 1 aliphatic rings. The van der Waals surface area contributed by atoms with E-state index in [2.05, 4.69) is 20.9 Å². The average molecular weight is 245 g/mol. The number of hydrogen-bond acceptors (Lipinski definition) is 1. The van der Waals surface area contributed by atoms with Crippen LogP contribution in [-0.4, -0.2) is 5.71 Å². The monoisotopic (exact) mass is 243 g/mol. The van der Waals surface area contributed by atoms with Crippen molar-refractivity contribution >= 4 is 33.2 Å². The van der Waals surface area contributed by atoms with E-state index >= 15 is 0 Å². The molecular weight excluding hydrogens is 237 g/mol. The van der Waals surface area contributed by atoms with Crippen LogP contribution < -0.4 is 0 Å². The Balaban J connectivity index is 2.63. The summed E-state index contributed by atoms with van der Waals surface area (Å²) in [6, 6.07) is 4.00. The number of nitrogens with zero attached hydrogens (tertiary/aromatic N) is 1. The van der Waals surface area contributed by atoms with E-state index in [1.807, 2.05) is 19.1 Å². The second-order valence-electron chi connectivity index (χ2n) is 2.83. The first-order chi connectivity index (χ1) is 5.68. The highest BCUT2D eigenvalue weighted by Crippen LogP contribution is 2.29. The summed E-state index contributed by atoms with van der Waals surface area (Å²) in [7, 11) is 0. The van der Waals surface area contributed by atoms with Gasteiger partial charge in [-0.2, -0.15) is 0 Å². The number of benzene rings is 1. The van der Waals surface area contributed by atoms with Gasteiger partial charge in [-0.25, -0.2) is 0 Å². The van der Waals surface area contributed by atoms with E-state index in [4.69, 9.17) is 11.6 Å². The van der Waals surface area contributed by atoms with E-state index in [0.29, 0.717) is 0 Å². The largest absolute Gasteiger partial charge is 0.285 e. The van der Waals surface area contributed by atoms with E-state index in [9.17, 15) is 0 Å². The summed E-state index contributed by atoms with van der Waals surface area (Å²) in [6.45, 7) is 2.80. The Morgan fingerprint density at radius 2 is 2.25 bits per heavy atom. The van der Waals surface area contributed by atoms with Gasteiger partial charge in [-0.1, -0.05) is 11.6 Å². The third kappa shape index (κ3) is 1.19. The summed E-state index contributed by atoms with van der Waals surface area (Å²) >= 11 is 9.34. The highest BCUT2D eigenvalue weighted by atomic mass is 79.9. The molecule has 0 unspecified atom stereocenters. The van der Waals surface area contributed by atoms with Gasteiger partial charge >= 0.3 is 0 Å². The van der Waals surface area contributed by atoms with Gasteiger partial charge in [0.15, 0.2) is 0 Å². The fourth-order valence-electron chi connectivity index (χ4n) is 1.34. The highest BCUT2D eigenvalue weighted by molar-refractivity contribution is 9.10. The number of aliphatic imine (C=N–C) groups is 1. The first kappa shape index (κ1) is 8.27. The van der Waals surface area contributed by atoms with Crippen LogP contribution in [-0.2, 0) is 6.54 Å². The van der Waals surface area contributed by atoms with E-state index in [-0.39, 0.29) is 0 Å². The lowest BCUT2D eigenvalue weighted by atomic mass is 10.1. The zero-order chi connectivity index (χ0) is 8.72. The van der Waals surface area contributed by atoms with Crippen molar-refractivity contribution in [2.75, 3.05) is 0 Å². The quantitative estimate of drug-likeness (QED) is 0.663. The lowest BCUT2D eigenvalue weighted by molar-refractivity contribution is 1.10. The molecule has 0 aliphatic carbocycles. The first-order valence-corrected chi connectivity index (χ1v) is 4.85. The van der Waals surface area contributed by atoms with Gasteiger partial charge in [-0.15, -0.1) is 0 Å². The minimum Gasteiger partial charge on any atom is -0.285 e. The summed E-state index contributed by atoms with van der Waals surface area (Å²) < 4.78 is 0.952. The average Bonchev–Trinajstić information content (AvgIpc) is 2.35. The van der Waals surface area contributed by atoms with Gasteiger partial charge in [-0.05, 0) is 40.5 Å². The number of halogens is 2. The molecule has 2 rings (SSSR count). The predicted molar refractivity (Wildman–Crippen MR) is 55.1 cm³/mol. The fraction of sp³-hybridized carbons (Fsp3) is 0.222. The third-order valence-corrected chi connectivity index (χ3v) is 3.22. The summed E-state index contributed by atoms with van der Waals surface area (Å²) in [4.78, 5) is 4.32. The number of hydrogen-bond donors (Lipinski definition) is 0. The molecule has 0 spiro atoms. The molecular formula is C9H7BrClN. The molecule has 62 valence electrons. The lowest BCUT2D eigenvalue weighted by Crippen LogP contribution is -1.91. The van der Waals surface area contributed by atoms with Crippen LogP contribution in [0.2, 0.25) is 5.02 Å². The smallest absolute Gasteiger partial charge is 0.0650 e. The van der Waals surface area contributed by atoms with Crippen molar-refractivity contribution in [1.82, 2.24) is 0 Å². The van der Waals surface area contributed by atoms with Crippen LogP contribution in [0.3, 0.4) is 0 Å². The molecule has 0 saturated heterocycles. The first-order valence-electron chi connectivity index (χ1n) is 3.68. The van der Waals surface area contributed by atoms with Crippen molar-refractivity contribution in [2.45, 2.75) is 13.5 Å². The molecule has 0 aromatic heterocycles. The summed E-state index contributed by atoms with van der Waals surface area (Å²) in [5.41, 5.74) is 3.52. The van der Waals surface area contributed by atoms with Crippen molar-refractivity contribution in [3.63, 3.8) is 0 Å². The van der Waals surface area contributed by atoms with Crippen LogP contribution >= 0.6 is 27.5 Å². The van der Waals surface area contributed by atoms with Crippen molar-refractivity contribution in [1.29, 1.82) is 0 Å². The Kier molecular flexibility index (Phi) is 1.97. The Morgan fingerprint density at radius 3 is 3.00 bits per heavy atom. The summed E-state index contributed by atoms with van der Waals surface area (Å²) in [5.74, 6) is 0. The molecule has 0 bridgehead atoms. The Morgan fingerprint density at radius 1 is 1.50 bits per heavy atom. The van der Waals surface area contributed by atoms with Crippen LogP contribution in [0.25, 0.3) is 0 Å². The van der Waals surface area contributed by atoms with Gasteiger partial charge in [0, 0.05) is 15.7 Å². The van der Waals surface area contributed by atoms with Crippen LogP contribution in [0.1, 0.15) is 18.1 Å². The molecule has 1 nitrogen and oxygen atoms in total. The molecule has 0 fully saturated rings. The van der Waals surface area contributed by atoms with Gasteiger partial charge in [0.2, 0.25) is 0 Å². The van der Waals surface area contributed by atoms with Gasteiger partial charge in [0.05, 0.1) is 11.6 Å². The van der Waals surface area contributed by atoms with E-state index in [0.717, 1.165) is 21.8 Å². The Hall–Kier alpha value is -0.340. The Labute approximate surface area is 84.6 Å². The molecule has 1 aliphatic heterocycles.